The Kier molecular flexibility index (Phi) is 4.46. The summed E-state index contributed by atoms with van der Waals surface area (Å²) in [5.41, 5.74) is 1.85. The van der Waals surface area contributed by atoms with Gasteiger partial charge < -0.3 is 5.11 Å². The molecule has 0 radical (unpaired) electrons. The van der Waals surface area contributed by atoms with Gasteiger partial charge in [-0.05, 0) is 35.7 Å². The van der Waals surface area contributed by atoms with Gasteiger partial charge >= 0.3 is 0 Å². The predicted molar refractivity (Wildman–Crippen MR) is 115 cm³/mol. The van der Waals surface area contributed by atoms with Crippen LogP contribution in [0.25, 0.3) is 33.8 Å². The molecule has 0 saturated carbocycles. The number of aromatic hydroxyl groups is 1. The lowest BCUT2D eigenvalue weighted by atomic mass is 10.1. The van der Waals surface area contributed by atoms with Crippen LogP contribution in [0.15, 0.2) is 90.3 Å². The summed E-state index contributed by atoms with van der Waals surface area (Å²) in [5, 5.41) is 25.6. The number of aromatic nitrogens is 5. The van der Waals surface area contributed by atoms with Gasteiger partial charge in [-0.1, -0.05) is 42.5 Å². The Morgan fingerprint density at radius 1 is 0.733 bits per heavy atom. The number of hydrogen-bond donors (Lipinski definition) is 1. The Morgan fingerprint density at radius 3 is 2.00 bits per heavy atom. The molecule has 7 nitrogen and oxygen atoms in total. The molecule has 3 aromatic heterocycles. The SMILES string of the molecule is Oc1c(/C=N/n2c(-c3ccccn3)nnc2-c2ccccn2)ccc2ccccc12. The zero-order valence-corrected chi connectivity index (χ0v) is 15.8. The molecule has 1 N–H and O–H groups in total. The quantitative estimate of drug-likeness (QED) is 0.464. The Bertz CT molecular complexity index is 1290. The molecule has 0 atom stereocenters. The first kappa shape index (κ1) is 17.7. The van der Waals surface area contributed by atoms with Crippen molar-refractivity contribution in [3.05, 3.63) is 90.8 Å². The van der Waals surface area contributed by atoms with Crippen molar-refractivity contribution in [2.24, 2.45) is 5.10 Å². The molecule has 5 rings (SSSR count). The third-order valence-corrected chi connectivity index (χ3v) is 4.67. The van der Waals surface area contributed by atoms with Gasteiger partial charge in [0, 0.05) is 23.3 Å². The third-order valence-electron chi connectivity index (χ3n) is 4.67. The number of fused-ring (bicyclic) bond motifs is 1. The van der Waals surface area contributed by atoms with Gasteiger partial charge in [0.1, 0.15) is 17.1 Å². The summed E-state index contributed by atoms with van der Waals surface area (Å²) in [7, 11) is 0. The van der Waals surface area contributed by atoms with Crippen molar-refractivity contribution in [2.45, 2.75) is 0 Å². The molecule has 0 saturated heterocycles. The van der Waals surface area contributed by atoms with Crippen LogP contribution in [0.3, 0.4) is 0 Å². The second-order valence-electron chi connectivity index (χ2n) is 6.56. The fraction of sp³-hybridized carbons (Fsp3) is 0. The van der Waals surface area contributed by atoms with Gasteiger partial charge in [0.25, 0.3) is 0 Å². The van der Waals surface area contributed by atoms with Crippen molar-refractivity contribution in [2.75, 3.05) is 0 Å². The van der Waals surface area contributed by atoms with E-state index in [4.69, 9.17) is 0 Å². The summed E-state index contributed by atoms with van der Waals surface area (Å²) < 4.78 is 1.58. The predicted octanol–water partition coefficient (Wildman–Crippen LogP) is 4.14. The largest absolute Gasteiger partial charge is 0.507 e. The second-order valence-corrected chi connectivity index (χ2v) is 6.56. The molecule has 5 aromatic rings. The molecule has 2 aromatic carbocycles. The van der Waals surface area contributed by atoms with Crippen LogP contribution in [0.2, 0.25) is 0 Å². The maximum atomic E-state index is 10.7. The van der Waals surface area contributed by atoms with Gasteiger partial charge in [0.05, 0.1) is 6.21 Å². The fourth-order valence-electron chi connectivity index (χ4n) is 3.19. The summed E-state index contributed by atoms with van der Waals surface area (Å²) in [6, 6.07) is 22.5. The van der Waals surface area contributed by atoms with Crippen molar-refractivity contribution in [3.63, 3.8) is 0 Å². The number of rotatable bonds is 4. The molecule has 0 unspecified atom stereocenters. The first-order chi connectivity index (χ1) is 14.8. The number of hydrogen-bond acceptors (Lipinski definition) is 6. The highest BCUT2D eigenvalue weighted by atomic mass is 16.3. The number of benzene rings is 2. The normalized spacial score (nSPS) is 11.3. The highest BCUT2D eigenvalue weighted by molar-refractivity contribution is 5.97. The lowest BCUT2D eigenvalue weighted by molar-refractivity contribution is 0.481. The maximum absolute atomic E-state index is 10.7. The molecule has 0 bridgehead atoms. The van der Waals surface area contributed by atoms with E-state index >= 15 is 0 Å². The molecule has 144 valence electrons. The lowest BCUT2D eigenvalue weighted by Gasteiger charge is -2.06. The van der Waals surface area contributed by atoms with Gasteiger partial charge in [-0.15, -0.1) is 10.2 Å². The smallest absolute Gasteiger partial charge is 0.203 e. The van der Waals surface area contributed by atoms with Crippen LogP contribution in [0.5, 0.6) is 5.75 Å². The summed E-state index contributed by atoms with van der Waals surface area (Å²) in [4.78, 5) is 8.73. The molecule has 0 fully saturated rings. The van der Waals surface area contributed by atoms with Crippen LogP contribution < -0.4 is 0 Å². The van der Waals surface area contributed by atoms with E-state index in [0.717, 1.165) is 10.8 Å². The van der Waals surface area contributed by atoms with Gasteiger partial charge in [0.2, 0.25) is 11.6 Å². The third kappa shape index (κ3) is 3.18. The number of pyridine rings is 2. The zero-order valence-electron chi connectivity index (χ0n) is 15.8. The van der Waals surface area contributed by atoms with E-state index in [2.05, 4.69) is 25.3 Å². The Morgan fingerprint density at radius 2 is 1.37 bits per heavy atom. The lowest BCUT2D eigenvalue weighted by Crippen LogP contribution is -1.99. The monoisotopic (exact) mass is 392 g/mol. The number of nitrogens with zero attached hydrogens (tertiary/aromatic N) is 6. The molecule has 0 aliphatic rings. The second kappa shape index (κ2) is 7.56. The topological polar surface area (TPSA) is 89.1 Å². The van der Waals surface area contributed by atoms with Crippen molar-refractivity contribution < 1.29 is 5.11 Å². The molecule has 30 heavy (non-hydrogen) atoms. The van der Waals surface area contributed by atoms with E-state index in [9.17, 15) is 5.11 Å². The van der Waals surface area contributed by atoms with Crippen molar-refractivity contribution >= 4 is 17.0 Å². The highest BCUT2D eigenvalue weighted by Gasteiger charge is 2.17. The van der Waals surface area contributed by atoms with Crippen LogP contribution in [0.4, 0.5) is 0 Å². The molecule has 3 heterocycles. The first-order valence-electron chi connectivity index (χ1n) is 9.34. The average Bonchev–Trinajstić information content (AvgIpc) is 3.24. The Labute approximate surface area is 172 Å². The van der Waals surface area contributed by atoms with E-state index < -0.39 is 0 Å². The first-order valence-corrected chi connectivity index (χ1v) is 9.34. The standard InChI is InChI=1S/C23H16N6O/c30-21-17(12-11-16-7-1-2-8-18(16)21)15-26-29-22(19-9-3-5-13-24-19)27-28-23(29)20-10-4-6-14-25-20/h1-15,30H/b26-15+. The molecule has 0 aliphatic heterocycles. The Hall–Kier alpha value is -4.39. The Balaban J connectivity index is 1.64. The van der Waals surface area contributed by atoms with Crippen molar-refractivity contribution in [1.29, 1.82) is 0 Å². The van der Waals surface area contributed by atoms with Gasteiger partial charge in [-0.25, -0.2) is 0 Å². The summed E-state index contributed by atoms with van der Waals surface area (Å²) in [6.45, 7) is 0. The van der Waals surface area contributed by atoms with E-state index in [1.165, 1.54) is 0 Å². The van der Waals surface area contributed by atoms with Crippen LogP contribution in [0, 0.1) is 0 Å². The highest BCUT2D eigenvalue weighted by Crippen LogP contribution is 2.28. The van der Waals surface area contributed by atoms with Crippen LogP contribution in [-0.4, -0.2) is 36.2 Å². The molecular formula is C23H16N6O. The molecule has 0 amide bonds. The van der Waals surface area contributed by atoms with Crippen LogP contribution in [-0.2, 0) is 0 Å². The van der Waals surface area contributed by atoms with Crippen molar-refractivity contribution in [1.82, 2.24) is 24.8 Å². The molecule has 7 heteroatoms. The van der Waals surface area contributed by atoms with E-state index in [0.29, 0.717) is 28.6 Å². The van der Waals surface area contributed by atoms with E-state index in [1.807, 2.05) is 72.8 Å². The molecule has 0 spiro atoms. The van der Waals surface area contributed by atoms with Crippen molar-refractivity contribution in [3.8, 4) is 28.8 Å². The van der Waals surface area contributed by atoms with Crippen LogP contribution >= 0.6 is 0 Å². The number of phenolic OH excluding ortho intramolecular Hbond substituents is 1. The van der Waals surface area contributed by atoms with E-state index in [-0.39, 0.29) is 5.75 Å². The summed E-state index contributed by atoms with van der Waals surface area (Å²) >= 11 is 0. The van der Waals surface area contributed by atoms with Gasteiger partial charge in [0.15, 0.2) is 0 Å². The minimum atomic E-state index is 0.170. The average molecular weight is 392 g/mol. The van der Waals surface area contributed by atoms with Crippen LogP contribution in [0.1, 0.15) is 5.56 Å². The summed E-state index contributed by atoms with van der Waals surface area (Å²) in [6.07, 6.45) is 4.96. The van der Waals surface area contributed by atoms with Gasteiger partial charge in [-0.2, -0.15) is 9.78 Å². The minimum Gasteiger partial charge on any atom is -0.507 e. The zero-order chi connectivity index (χ0) is 20.3. The summed E-state index contributed by atoms with van der Waals surface area (Å²) in [5.74, 6) is 1.13. The maximum Gasteiger partial charge on any atom is 0.203 e. The fourth-order valence-corrected chi connectivity index (χ4v) is 3.19. The molecular weight excluding hydrogens is 376 g/mol. The minimum absolute atomic E-state index is 0.170. The van der Waals surface area contributed by atoms with E-state index in [1.54, 1.807) is 23.3 Å². The van der Waals surface area contributed by atoms with Gasteiger partial charge in [-0.3, -0.25) is 9.97 Å². The molecule has 0 aliphatic carbocycles. The number of phenols is 1.